The molecule has 0 aromatic rings. The van der Waals surface area contributed by atoms with Gasteiger partial charge in [0.2, 0.25) is 0 Å². The van der Waals surface area contributed by atoms with Crippen LogP contribution in [0.25, 0.3) is 0 Å². The number of carbonyl (C=O) groups excluding carboxylic acids is 1. The lowest BCUT2D eigenvalue weighted by Gasteiger charge is -2.29. The third-order valence-corrected chi connectivity index (χ3v) is 3.82. The van der Waals surface area contributed by atoms with Crippen molar-refractivity contribution in [2.45, 2.75) is 47.0 Å². The van der Waals surface area contributed by atoms with Crippen molar-refractivity contribution in [2.75, 3.05) is 26.7 Å². The molecule has 0 aromatic carbocycles. The van der Waals surface area contributed by atoms with Crippen molar-refractivity contribution in [1.29, 1.82) is 0 Å². The highest BCUT2D eigenvalue weighted by Gasteiger charge is 2.51. The topological polar surface area (TPSA) is 29.5 Å². The van der Waals surface area contributed by atoms with Gasteiger partial charge in [0, 0.05) is 0 Å². The summed E-state index contributed by atoms with van der Waals surface area (Å²) < 4.78 is 4.15. The fourth-order valence-electron chi connectivity index (χ4n) is 2.38. The zero-order valence-corrected chi connectivity index (χ0v) is 12.2. The molecule has 3 nitrogen and oxygen atoms in total. The summed E-state index contributed by atoms with van der Waals surface area (Å²) in [5.41, 5.74) is 0.826. The molecular weight excluding hydrogens is 214 g/mol. The van der Waals surface area contributed by atoms with Crippen molar-refractivity contribution in [3.05, 3.63) is 0 Å². The minimum Gasteiger partial charge on any atom is -0.468 e. The second kappa shape index (κ2) is 8.51. The van der Waals surface area contributed by atoms with Gasteiger partial charge in [-0.2, -0.15) is 0 Å². The summed E-state index contributed by atoms with van der Waals surface area (Å²) >= 11 is 0. The summed E-state index contributed by atoms with van der Waals surface area (Å²) in [4.78, 5) is 11.6. The fraction of sp³-hybridized carbons (Fsp3) is 0.929. The first kappa shape index (κ1) is 16.4. The molecule has 0 N–H and O–H groups in total. The first-order valence-electron chi connectivity index (χ1n) is 6.88. The second-order valence-corrected chi connectivity index (χ2v) is 4.82. The van der Waals surface area contributed by atoms with Gasteiger partial charge in [0.25, 0.3) is 6.47 Å². The van der Waals surface area contributed by atoms with Crippen LogP contribution in [0.3, 0.4) is 0 Å². The second-order valence-electron chi connectivity index (χ2n) is 4.82. The molecule has 17 heavy (non-hydrogen) atoms. The largest absolute Gasteiger partial charge is 0.468 e. The fourth-order valence-corrected chi connectivity index (χ4v) is 2.38. The molecule has 1 heterocycles. The lowest BCUT2D eigenvalue weighted by atomic mass is 9.92. The van der Waals surface area contributed by atoms with E-state index in [0.717, 1.165) is 11.3 Å². The van der Waals surface area contributed by atoms with Crippen LogP contribution in [0.5, 0.6) is 0 Å². The highest BCUT2D eigenvalue weighted by molar-refractivity contribution is 5.36. The molecule has 0 radical (unpaired) electrons. The molecule has 102 valence electrons. The highest BCUT2D eigenvalue weighted by Crippen LogP contribution is 2.58. The van der Waals surface area contributed by atoms with Gasteiger partial charge in [0.05, 0.1) is 6.61 Å². The predicted molar refractivity (Wildman–Crippen MR) is 72.0 cm³/mol. The molecule has 0 bridgehead atoms. The average Bonchev–Trinajstić information content (AvgIpc) is 2.98. The van der Waals surface area contributed by atoms with Crippen molar-refractivity contribution in [3.63, 3.8) is 0 Å². The number of hydrogen-bond acceptors (Lipinski definition) is 3. The van der Waals surface area contributed by atoms with Gasteiger partial charge in [-0.1, -0.05) is 20.8 Å². The van der Waals surface area contributed by atoms with Crippen LogP contribution in [0.4, 0.5) is 0 Å². The van der Waals surface area contributed by atoms with Crippen LogP contribution in [0.15, 0.2) is 0 Å². The predicted octanol–water partition coefficient (Wildman–Crippen LogP) is 2.94. The number of rotatable bonds is 2. The summed E-state index contributed by atoms with van der Waals surface area (Å²) in [7, 11) is 2.24. The van der Waals surface area contributed by atoms with Gasteiger partial charge < -0.3 is 9.64 Å². The number of likely N-dealkylation sites (tertiary alicyclic amines) is 1. The standard InChI is InChI=1S/C9H17N.C3H6O2.C2H6/c1-8-7-9(8)3-5-10(2)6-4-9;1-2-5-3-4;1-2/h8H,3-7H2,1-2H3;3H,2H2,1H3;1-2H3. The van der Waals surface area contributed by atoms with Gasteiger partial charge in [-0.05, 0) is 57.7 Å². The third-order valence-electron chi connectivity index (χ3n) is 3.82. The Balaban J connectivity index is 0.000000315. The molecule has 1 saturated heterocycles. The van der Waals surface area contributed by atoms with Crippen LogP contribution in [-0.4, -0.2) is 38.1 Å². The summed E-state index contributed by atoms with van der Waals surface area (Å²) in [6.07, 6.45) is 4.44. The maximum absolute atomic E-state index is 9.18. The van der Waals surface area contributed by atoms with E-state index in [4.69, 9.17) is 0 Å². The first-order chi connectivity index (χ1) is 8.14. The van der Waals surface area contributed by atoms with Crippen LogP contribution in [0, 0.1) is 11.3 Å². The highest BCUT2D eigenvalue weighted by atomic mass is 16.5. The lowest BCUT2D eigenvalue weighted by Crippen LogP contribution is -2.31. The number of ether oxygens (including phenoxy) is 1. The van der Waals surface area contributed by atoms with Crippen LogP contribution in [-0.2, 0) is 9.53 Å². The molecule has 1 aliphatic heterocycles. The van der Waals surface area contributed by atoms with Gasteiger partial charge in [-0.25, -0.2) is 0 Å². The van der Waals surface area contributed by atoms with E-state index in [0.29, 0.717) is 13.1 Å². The van der Waals surface area contributed by atoms with E-state index in [9.17, 15) is 4.79 Å². The molecule has 1 atom stereocenters. The lowest BCUT2D eigenvalue weighted by molar-refractivity contribution is -0.128. The molecule has 2 aliphatic rings. The molecule has 3 heteroatoms. The Morgan fingerprint density at radius 2 is 1.82 bits per heavy atom. The summed E-state index contributed by atoms with van der Waals surface area (Å²) in [5, 5.41) is 0. The number of carbonyl (C=O) groups is 1. The Morgan fingerprint density at radius 1 is 1.35 bits per heavy atom. The minimum absolute atomic E-state index is 0.431. The van der Waals surface area contributed by atoms with Crippen molar-refractivity contribution in [2.24, 2.45) is 11.3 Å². The Hall–Kier alpha value is -0.570. The van der Waals surface area contributed by atoms with Gasteiger partial charge >= 0.3 is 0 Å². The molecule has 0 aromatic heterocycles. The van der Waals surface area contributed by atoms with Crippen molar-refractivity contribution < 1.29 is 9.53 Å². The summed E-state index contributed by atoms with van der Waals surface area (Å²) in [5.74, 6) is 1.04. The number of nitrogens with zero attached hydrogens (tertiary/aromatic N) is 1. The third kappa shape index (κ3) is 5.53. The van der Waals surface area contributed by atoms with E-state index in [1.54, 1.807) is 6.92 Å². The van der Waals surface area contributed by atoms with E-state index >= 15 is 0 Å². The number of piperidine rings is 1. The minimum atomic E-state index is 0.431. The molecule has 1 unspecified atom stereocenters. The van der Waals surface area contributed by atoms with Gasteiger partial charge in [-0.15, -0.1) is 0 Å². The van der Waals surface area contributed by atoms with E-state index in [1.807, 2.05) is 13.8 Å². The average molecular weight is 243 g/mol. The Kier molecular flexibility index (Phi) is 8.23. The van der Waals surface area contributed by atoms with Crippen LogP contribution in [0.1, 0.15) is 47.0 Å². The van der Waals surface area contributed by atoms with E-state index in [1.165, 1.54) is 32.4 Å². The summed E-state index contributed by atoms with van der Waals surface area (Å²) in [6.45, 7) is 11.7. The Labute approximate surface area is 107 Å². The quantitative estimate of drug-likeness (QED) is 0.698. The molecule has 1 spiro atoms. The normalized spacial score (nSPS) is 24.9. The zero-order valence-electron chi connectivity index (χ0n) is 12.2. The van der Waals surface area contributed by atoms with Crippen LogP contribution >= 0.6 is 0 Å². The van der Waals surface area contributed by atoms with Crippen LogP contribution in [0.2, 0.25) is 0 Å². The summed E-state index contributed by atoms with van der Waals surface area (Å²) in [6, 6.07) is 0. The maximum atomic E-state index is 9.18. The molecule has 1 aliphatic carbocycles. The van der Waals surface area contributed by atoms with Crippen molar-refractivity contribution >= 4 is 6.47 Å². The van der Waals surface area contributed by atoms with Crippen molar-refractivity contribution in [1.82, 2.24) is 4.90 Å². The van der Waals surface area contributed by atoms with E-state index < -0.39 is 0 Å². The molecule has 2 rings (SSSR count). The van der Waals surface area contributed by atoms with Crippen molar-refractivity contribution in [3.8, 4) is 0 Å². The molecule has 0 amide bonds. The zero-order chi connectivity index (χ0) is 13.3. The Morgan fingerprint density at radius 3 is 2.06 bits per heavy atom. The van der Waals surface area contributed by atoms with Crippen LogP contribution < -0.4 is 0 Å². The smallest absolute Gasteiger partial charge is 0.293 e. The van der Waals surface area contributed by atoms with E-state index in [-0.39, 0.29) is 0 Å². The maximum Gasteiger partial charge on any atom is 0.293 e. The SMILES string of the molecule is CC.CC1CC12CCN(C)CC2.CCOC=O. The van der Waals surface area contributed by atoms with E-state index in [2.05, 4.69) is 23.6 Å². The Bertz CT molecular complexity index is 198. The van der Waals surface area contributed by atoms with Gasteiger partial charge in [0.15, 0.2) is 0 Å². The van der Waals surface area contributed by atoms with Gasteiger partial charge in [-0.3, -0.25) is 4.79 Å². The first-order valence-corrected chi connectivity index (χ1v) is 6.88. The molecule has 2 fully saturated rings. The molecular formula is C14H29NO2. The molecule has 1 saturated carbocycles. The van der Waals surface area contributed by atoms with Gasteiger partial charge in [0.1, 0.15) is 0 Å². The number of hydrogen-bond donors (Lipinski definition) is 0. The monoisotopic (exact) mass is 243 g/mol.